The van der Waals surface area contributed by atoms with E-state index in [0.29, 0.717) is 12.3 Å². The Morgan fingerprint density at radius 3 is 2.67 bits per heavy atom. The zero-order valence-electron chi connectivity index (χ0n) is 9.76. The van der Waals surface area contributed by atoms with E-state index in [9.17, 15) is 0 Å². The number of nitrogens with two attached hydrogens (primary N) is 1. The quantitative estimate of drug-likeness (QED) is 0.859. The summed E-state index contributed by atoms with van der Waals surface area (Å²) in [6, 6.07) is 7.51. The van der Waals surface area contributed by atoms with E-state index in [4.69, 9.17) is 26.8 Å². The average molecular weight is 266 g/mol. The third-order valence-corrected chi connectivity index (χ3v) is 2.47. The van der Waals surface area contributed by atoms with Gasteiger partial charge in [-0.25, -0.2) is 4.98 Å². The van der Waals surface area contributed by atoms with Gasteiger partial charge in [-0.15, -0.1) is 0 Å². The number of anilines is 1. The highest BCUT2D eigenvalue weighted by Crippen LogP contribution is 2.20. The molecule has 0 fully saturated rings. The van der Waals surface area contributed by atoms with Crippen LogP contribution >= 0.6 is 11.6 Å². The van der Waals surface area contributed by atoms with E-state index < -0.39 is 0 Å². The van der Waals surface area contributed by atoms with Gasteiger partial charge in [-0.2, -0.15) is 4.98 Å². The number of rotatable bonds is 4. The number of hydrogen-bond acceptors (Lipinski definition) is 5. The fourth-order valence-corrected chi connectivity index (χ4v) is 1.47. The highest BCUT2D eigenvalue weighted by Gasteiger charge is 2.05. The monoisotopic (exact) mass is 265 g/mol. The van der Waals surface area contributed by atoms with Crippen LogP contribution in [0, 0.1) is 0 Å². The third kappa shape index (κ3) is 3.01. The number of ether oxygens (including phenoxy) is 2. The number of nitrogen functional groups attached to an aromatic ring is 1. The van der Waals surface area contributed by atoms with Crippen molar-refractivity contribution >= 4 is 17.3 Å². The van der Waals surface area contributed by atoms with E-state index in [1.807, 2.05) is 24.3 Å². The Morgan fingerprint density at radius 2 is 2.00 bits per heavy atom. The van der Waals surface area contributed by atoms with Gasteiger partial charge in [0, 0.05) is 0 Å². The number of aromatic nitrogens is 2. The summed E-state index contributed by atoms with van der Waals surface area (Å²) < 4.78 is 10.5. The van der Waals surface area contributed by atoms with E-state index in [1.54, 1.807) is 7.11 Å². The molecular weight excluding hydrogens is 254 g/mol. The Kier molecular flexibility index (Phi) is 3.84. The van der Waals surface area contributed by atoms with Gasteiger partial charge in [-0.1, -0.05) is 12.1 Å². The van der Waals surface area contributed by atoms with Crippen molar-refractivity contribution in [1.82, 2.24) is 9.97 Å². The lowest BCUT2D eigenvalue weighted by Crippen LogP contribution is -2.02. The standard InChI is InChI=1S/C12H12ClN3O2/c1-17-9-4-2-8(3-5-9)7-18-11-10(14)6-15-12(13)16-11/h2-6H,7,14H2,1H3. The van der Waals surface area contributed by atoms with Gasteiger partial charge < -0.3 is 15.2 Å². The van der Waals surface area contributed by atoms with Gasteiger partial charge >= 0.3 is 0 Å². The van der Waals surface area contributed by atoms with Crippen molar-refractivity contribution in [3.05, 3.63) is 41.3 Å². The van der Waals surface area contributed by atoms with Gasteiger partial charge in [0.25, 0.3) is 0 Å². The molecule has 0 amide bonds. The molecule has 0 aliphatic heterocycles. The molecule has 0 spiro atoms. The predicted octanol–water partition coefficient (Wildman–Crippen LogP) is 2.30. The van der Waals surface area contributed by atoms with E-state index in [2.05, 4.69) is 9.97 Å². The lowest BCUT2D eigenvalue weighted by molar-refractivity contribution is 0.295. The SMILES string of the molecule is COc1ccc(COc2nc(Cl)ncc2N)cc1. The van der Waals surface area contributed by atoms with Crippen molar-refractivity contribution in [1.29, 1.82) is 0 Å². The second-order valence-electron chi connectivity index (χ2n) is 3.54. The molecule has 1 aromatic carbocycles. The topological polar surface area (TPSA) is 70.3 Å². The molecule has 0 aliphatic rings. The summed E-state index contributed by atoms with van der Waals surface area (Å²) in [7, 11) is 1.62. The van der Waals surface area contributed by atoms with Crippen molar-refractivity contribution in [2.24, 2.45) is 0 Å². The van der Waals surface area contributed by atoms with Crippen LogP contribution in [0.15, 0.2) is 30.5 Å². The molecule has 1 aromatic heterocycles. The second-order valence-corrected chi connectivity index (χ2v) is 3.87. The Morgan fingerprint density at radius 1 is 1.28 bits per heavy atom. The van der Waals surface area contributed by atoms with Crippen LogP contribution in [-0.2, 0) is 6.61 Å². The van der Waals surface area contributed by atoms with Crippen LogP contribution in [0.5, 0.6) is 11.6 Å². The van der Waals surface area contributed by atoms with Crippen molar-refractivity contribution in [2.75, 3.05) is 12.8 Å². The summed E-state index contributed by atoms with van der Waals surface area (Å²) in [6.45, 7) is 0.349. The first-order valence-electron chi connectivity index (χ1n) is 5.23. The molecule has 0 saturated carbocycles. The molecule has 2 aromatic rings. The molecular formula is C12H12ClN3O2. The number of methoxy groups -OCH3 is 1. The predicted molar refractivity (Wildman–Crippen MR) is 68.8 cm³/mol. The first-order chi connectivity index (χ1) is 8.69. The van der Waals surface area contributed by atoms with Crippen LogP contribution in [0.1, 0.15) is 5.56 Å². The first-order valence-corrected chi connectivity index (χ1v) is 5.60. The molecule has 2 rings (SSSR count). The van der Waals surface area contributed by atoms with Crippen LogP contribution in [0.25, 0.3) is 0 Å². The lowest BCUT2D eigenvalue weighted by Gasteiger charge is -2.08. The maximum Gasteiger partial charge on any atom is 0.241 e. The normalized spacial score (nSPS) is 10.1. The minimum Gasteiger partial charge on any atom is -0.497 e. The summed E-state index contributed by atoms with van der Waals surface area (Å²) in [5.74, 6) is 1.08. The Balaban J connectivity index is 2.04. The largest absolute Gasteiger partial charge is 0.497 e. The number of nitrogens with zero attached hydrogens (tertiary/aromatic N) is 2. The van der Waals surface area contributed by atoms with Crippen molar-refractivity contribution in [2.45, 2.75) is 6.61 Å². The Labute approximate surface area is 110 Å². The van der Waals surface area contributed by atoms with Gasteiger partial charge in [0.05, 0.1) is 13.3 Å². The maximum atomic E-state index is 5.67. The zero-order valence-corrected chi connectivity index (χ0v) is 10.5. The molecule has 0 aliphatic carbocycles. The molecule has 0 bridgehead atoms. The molecule has 0 unspecified atom stereocenters. The zero-order chi connectivity index (χ0) is 13.0. The highest BCUT2D eigenvalue weighted by molar-refractivity contribution is 6.28. The number of halogens is 1. The molecule has 0 saturated heterocycles. The van der Waals surface area contributed by atoms with Crippen molar-refractivity contribution in [3.8, 4) is 11.6 Å². The lowest BCUT2D eigenvalue weighted by atomic mass is 10.2. The Hall–Kier alpha value is -2.01. The van der Waals surface area contributed by atoms with Gasteiger partial charge in [0.15, 0.2) is 0 Å². The van der Waals surface area contributed by atoms with Crippen LogP contribution < -0.4 is 15.2 Å². The van der Waals surface area contributed by atoms with Crippen LogP contribution in [0.2, 0.25) is 5.28 Å². The molecule has 2 N–H and O–H groups in total. The molecule has 0 radical (unpaired) electrons. The summed E-state index contributed by atoms with van der Waals surface area (Å²) in [5, 5.41) is 0.105. The summed E-state index contributed by atoms with van der Waals surface area (Å²) >= 11 is 5.66. The first kappa shape index (κ1) is 12.4. The minimum absolute atomic E-state index is 0.105. The molecule has 6 heteroatoms. The van der Waals surface area contributed by atoms with Gasteiger partial charge in [-0.3, -0.25) is 0 Å². The van der Waals surface area contributed by atoms with Crippen LogP contribution in [0.4, 0.5) is 5.69 Å². The summed E-state index contributed by atoms with van der Waals surface area (Å²) in [5.41, 5.74) is 7.00. The van der Waals surface area contributed by atoms with E-state index in [0.717, 1.165) is 11.3 Å². The van der Waals surface area contributed by atoms with E-state index >= 15 is 0 Å². The van der Waals surface area contributed by atoms with Crippen LogP contribution in [-0.4, -0.2) is 17.1 Å². The van der Waals surface area contributed by atoms with Crippen molar-refractivity contribution in [3.63, 3.8) is 0 Å². The van der Waals surface area contributed by atoms with Gasteiger partial charge in [0.2, 0.25) is 11.2 Å². The summed E-state index contributed by atoms with van der Waals surface area (Å²) in [6.07, 6.45) is 1.42. The second kappa shape index (κ2) is 5.55. The number of benzene rings is 1. The molecule has 0 atom stereocenters. The maximum absolute atomic E-state index is 5.67. The van der Waals surface area contributed by atoms with Crippen LogP contribution in [0.3, 0.4) is 0 Å². The average Bonchev–Trinajstić information content (AvgIpc) is 2.40. The van der Waals surface area contributed by atoms with E-state index in [1.165, 1.54) is 6.20 Å². The van der Waals surface area contributed by atoms with E-state index in [-0.39, 0.29) is 11.2 Å². The van der Waals surface area contributed by atoms with Gasteiger partial charge in [0.1, 0.15) is 18.0 Å². The molecule has 5 nitrogen and oxygen atoms in total. The highest BCUT2D eigenvalue weighted by atomic mass is 35.5. The smallest absolute Gasteiger partial charge is 0.241 e. The fourth-order valence-electron chi connectivity index (χ4n) is 1.34. The minimum atomic E-state index is 0.105. The Bertz CT molecular complexity index is 531. The molecule has 1 heterocycles. The molecule has 18 heavy (non-hydrogen) atoms. The third-order valence-electron chi connectivity index (χ3n) is 2.29. The number of hydrogen-bond donors (Lipinski definition) is 1. The van der Waals surface area contributed by atoms with Crippen molar-refractivity contribution < 1.29 is 9.47 Å². The molecule has 94 valence electrons. The fraction of sp³-hybridized carbons (Fsp3) is 0.167. The summed E-state index contributed by atoms with van der Waals surface area (Å²) in [4.78, 5) is 7.65. The van der Waals surface area contributed by atoms with Gasteiger partial charge in [-0.05, 0) is 29.3 Å².